The van der Waals surface area contributed by atoms with Gasteiger partial charge in [0.1, 0.15) is 10.6 Å². The maximum absolute atomic E-state index is 12.9. The maximum atomic E-state index is 12.9. The lowest BCUT2D eigenvalue weighted by Crippen LogP contribution is -2.16. The van der Waals surface area contributed by atoms with E-state index in [9.17, 15) is 8.42 Å². The Labute approximate surface area is 178 Å². The Hall–Kier alpha value is -3.64. The summed E-state index contributed by atoms with van der Waals surface area (Å²) in [5.74, 6) is 0.574. The van der Waals surface area contributed by atoms with Crippen LogP contribution in [0.3, 0.4) is 0 Å². The van der Waals surface area contributed by atoms with E-state index < -0.39 is 10.0 Å². The summed E-state index contributed by atoms with van der Waals surface area (Å²) in [4.78, 5) is -0.0146. The highest BCUT2D eigenvalue weighted by atomic mass is 32.2. The average Bonchev–Trinajstić information content (AvgIpc) is 3.39. The first-order chi connectivity index (χ1) is 14.9. The van der Waals surface area contributed by atoms with Gasteiger partial charge in [-0.1, -0.05) is 12.1 Å². The van der Waals surface area contributed by atoms with Crippen LogP contribution in [0.2, 0.25) is 0 Å². The Morgan fingerprint density at radius 1 is 1.10 bits per heavy atom. The van der Waals surface area contributed by atoms with Crippen LogP contribution in [-0.4, -0.2) is 47.0 Å². The third-order valence-electron chi connectivity index (χ3n) is 4.59. The number of methoxy groups -OCH3 is 2. The molecule has 0 unspecified atom stereocenters. The number of aromatic nitrogens is 5. The van der Waals surface area contributed by atoms with Gasteiger partial charge >= 0.3 is 0 Å². The summed E-state index contributed by atoms with van der Waals surface area (Å²) in [6, 6.07) is 9.84. The molecule has 3 N–H and O–H groups in total. The van der Waals surface area contributed by atoms with E-state index in [0.717, 1.165) is 11.1 Å². The predicted octanol–water partition coefficient (Wildman–Crippen LogP) is 1.25. The molecule has 0 aliphatic carbocycles. The topological polar surface area (TPSA) is 139 Å². The first-order valence-electron chi connectivity index (χ1n) is 9.24. The molecule has 0 atom stereocenters. The van der Waals surface area contributed by atoms with Gasteiger partial charge in [-0.2, -0.15) is 5.10 Å². The van der Waals surface area contributed by atoms with Crippen LogP contribution in [0.4, 0.5) is 5.95 Å². The second kappa shape index (κ2) is 8.24. The van der Waals surface area contributed by atoms with Gasteiger partial charge in [0.05, 0.1) is 27.0 Å². The first-order valence-corrected chi connectivity index (χ1v) is 10.7. The molecule has 0 amide bonds. The molecule has 0 aliphatic heterocycles. The smallest absolute Gasteiger partial charge is 0.267 e. The normalized spacial score (nSPS) is 11.6. The maximum Gasteiger partial charge on any atom is 0.267 e. The van der Waals surface area contributed by atoms with Crippen molar-refractivity contribution in [2.24, 2.45) is 5.73 Å². The van der Waals surface area contributed by atoms with Crippen LogP contribution in [-0.2, 0) is 23.1 Å². The van der Waals surface area contributed by atoms with E-state index in [1.54, 1.807) is 41.2 Å². The van der Waals surface area contributed by atoms with Crippen molar-refractivity contribution in [3.63, 3.8) is 0 Å². The third kappa shape index (κ3) is 4.02. The van der Waals surface area contributed by atoms with Crippen LogP contribution in [0, 0.1) is 0 Å². The van der Waals surface area contributed by atoms with E-state index >= 15 is 0 Å². The van der Waals surface area contributed by atoms with Gasteiger partial charge in [0.2, 0.25) is 11.8 Å². The number of hydrogen-bond donors (Lipinski definition) is 2. The molecule has 31 heavy (non-hydrogen) atoms. The Balaban J connectivity index is 1.70. The zero-order valence-electron chi connectivity index (χ0n) is 16.9. The van der Waals surface area contributed by atoms with Gasteiger partial charge in [0.15, 0.2) is 5.65 Å². The van der Waals surface area contributed by atoms with Crippen molar-refractivity contribution < 1.29 is 17.9 Å². The van der Waals surface area contributed by atoms with E-state index in [4.69, 9.17) is 15.2 Å². The molecule has 12 heteroatoms. The van der Waals surface area contributed by atoms with Gasteiger partial charge in [0.25, 0.3) is 10.0 Å². The third-order valence-corrected chi connectivity index (χ3v) is 5.96. The van der Waals surface area contributed by atoms with Crippen molar-refractivity contribution in [2.45, 2.75) is 18.0 Å². The lowest BCUT2D eigenvalue weighted by atomic mass is 10.2. The predicted molar refractivity (Wildman–Crippen MR) is 113 cm³/mol. The van der Waals surface area contributed by atoms with Crippen LogP contribution in [0.1, 0.15) is 11.1 Å². The fraction of sp³-hybridized carbons (Fsp3) is 0.211. The lowest BCUT2D eigenvalue weighted by Gasteiger charge is -2.12. The number of hydrogen-bond acceptors (Lipinski definition) is 8. The second-order valence-electron chi connectivity index (χ2n) is 6.63. The van der Waals surface area contributed by atoms with Gasteiger partial charge in [-0.3, -0.25) is 4.68 Å². The molecular weight excluding hydrogens is 422 g/mol. The molecule has 0 saturated carbocycles. The number of pyridine rings is 1. The molecule has 4 aromatic rings. The number of anilines is 1. The van der Waals surface area contributed by atoms with Crippen LogP contribution >= 0.6 is 0 Å². The lowest BCUT2D eigenvalue weighted by molar-refractivity contribution is 0.392. The molecule has 3 heterocycles. The van der Waals surface area contributed by atoms with Crippen molar-refractivity contribution in [1.82, 2.24) is 24.4 Å². The van der Waals surface area contributed by atoms with Crippen LogP contribution < -0.4 is 19.9 Å². The van der Waals surface area contributed by atoms with Gasteiger partial charge in [-0.05, 0) is 23.8 Å². The van der Waals surface area contributed by atoms with E-state index in [1.165, 1.54) is 24.7 Å². The molecule has 0 saturated heterocycles. The minimum Gasteiger partial charge on any atom is -0.495 e. The van der Waals surface area contributed by atoms with Gasteiger partial charge < -0.3 is 15.2 Å². The minimum absolute atomic E-state index is 0.00573. The molecule has 0 fully saturated rings. The Morgan fingerprint density at radius 3 is 2.61 bits per heavy atom. The van der Waals surface area contributed by atoms with Gasteiger partial charge in [-0.15, -0.1) is 10.2 Å². The molecule has 0 spiro atoms. The van der Waals surface area contributed by atoms with Crippen LogP contribution in [0.15, 0.2) is 53.7 Å². The van der Waals surface area contributed by atoms with Crippen molar-refractivity contribution >= 4 is 21.6 Å². The number of nitrogens with zero attached hydrogens (tertiary/aromatic N) is 5. The Morgan fingerprint density at radius 2 is 1.90 bits per heavy atom. The molecule has 0 bridgehead atoms. The van der Waals surface area contributed by atoms with E-state index in [0.29, 0.717) is 24.6 Å². The molecule has 3 aromatic heterocycles. The van der Waals surface area contributed by atoms with Crippen molar-refractivity contribution in [1.29, 1.82) is 0 Å². The van der Waals surface area contributed by atoms with Gasteiger partial charge in [0, 0.05) is 24.4 Å². The van der Waals surface area contributed by atoms with Crippen molar-refractivity contribution in [3.8, 4) is 11.6 Å². The monoisotopic (exact) mass is 443 g/mol. The summed E-state index contributed by atoms with van der Waals surface area (Å²) in [6.45, 7) is 0.865. The highest BCUT2D eigenvalue weighted by molar-refractivity contribution is 7.92. The number of fused-ring (bicyclic) bond motifs is 1. The largest absolute Gasteiger partial charge is 0.495 e. The van der Waals surface area contributed by atoms with Crippen molar-refractivity contribution in [2.75, 3.05) is 18.9 Å². The fourth-order valence-electron chi connectivity index (χ4n) is 3.15. The van der Waals surface area contributed by atoms with E-state index in [1.807, 2.05) is 6.20 Å². The summed E-state index contributed by atoms with van der Waals surface area (Å²) in [5.41, 5.74) is 7.82. The summed E-state index contributed by atoms with van der Waals surface area (Å²) in [7, 11) is -1.09. The van der Waals surface area contributed by atoms with Gasteiger partial charge in [-0.25, -0.2) is 17.5 Å². The Bertz CT molecular complexity index is 1330. The summed E-state index contributed by atoms with van der Waals surface area (Å²) in [5, 5.41) is 12.4. The quantitative estimate of drug-likeness (QED) is 0.415. The number of nitrogens with one attached hydrogen (secondary N) is 1. The zero-order chi connectivity index (χ0) is 22.0. The molecule has 0 radical (unpaired) electrons. The molecule has 1 aromatic carbocycles. The number of rotatable bonds is 8. The molecule has 162 valence electrons. The molecule has 0 aliphatic rings. The van der Waals surface area contributed by atoms with Crippen molar-refractivity contribution in [3.05, 3.63) is 59.9 Å². The van der Waals surface area contributed by atoms with E-state index in [2.05, 4.69) is 20.0 Å². The average molecular weight is 443 g/mol. The number of para-hydroxylation sites is 1. The molecule has 4 rings (SSSR count). The number of benzene rings is 1. The molecular formula is C19H21N7O4S. The van der Waals surface area contributed by atoms with E-state index in [-0.39, 0.29) is 16.6 Å². The number of sulfonamides is 1. The van der Waals surface area contributed by atoms with Crippen LogP contribution in [0.25, 0.3) is 5.65 Å². The van der Waals surface area contributed by atoms with Crippen LogP contribution in [0.5, 0.6) is 11.6 Å². The highest BCUT2D eigenvalue weighted by Gasteiger charge is 2.23. The second-order valence-corrected chi connectivity index (χ2v) is 8.28. The Kier molecular flexibility index (Phi) is 5.48. The number of ether oxygens (including phenoxy) is 2. The zero-order valence-corrected chi connectivity index (χ0v) is 17.7. The standard InChI is InChI=1S/C19H21N7O4S/c1-29-15-5-3-4-6-16(15)31(27,28)24-19-23-22-17-7-13(8-18(30-2)26(17)19)11-25-12-14(9-20)10-21-25/h3-8,10,12H,9,11,20H2,1-2H3,(H,23,24). The number of nitrogens with two attached hydrogens (primary N) is 1. The highest BCUT2D eigenvalue weighted by Crippen LogP contribution is 2.27. The summed E-state index contributed by atoms with van der Waals surface area (Å²) >= 11 is 0. The summed E-state index contributed by atoms with van der Waals surface area (Å²) in [6.07, 6.45) is 3.56. The minimum atomic E-state index is -3.98. The fourth-order valence-corrected chi connectivity index (χ4v) is 4.30. The first kappa shape index (κ1) is 20.6. The SMILES string of the molecule is COc1ccccc1S(=O)(=O)Nc1nnc2cc(Cn3cc(CN)cn3)cc(OC)n12. The summed E-state index contributed by atoms with van der Waals surface area (Å²) < 4.78 is 42.2. The molecule has 11 nitrogen and oxygen atoms in total.